The number of ketones is 1. The van der Waals surface area contributed by atoms with Crippen molar-refractivity contribution >= 4 is 33.0 Å². The first kappa shape index (κ1) is 10.4. The second-order valence-corrected chi connectivity index (χ2v) is 6.00. The van der Waals surface area contributed by atoms with Crippen LogP contribution in [0.2, 0.25) is 0 Å². The largest absolute Gasteiger partial charge is 0.293 e. The molecule has 1 aliphatic rings. The molecule has 1 aliphatic carbocycles. The summed E-state index contributed by atoms with van der Waals surface area (Å²) in [5, 5.41) is 0. The van der Waals surface area contributed by atoms with Crippen molar-refractivity contribution in [2.75, 3.05) is 0 Å². The zero-order chi connectivity index (χ0) is 10.3. The van der Waals surface area contributed by atoms with Gasteiger partial charge in [0, 0.05) is 15.3 Å². The van der Waals surface area contributed by atoms with Crippen molar-refractivity contribution in [3.8, 4) is 0 Å². The van der Waals surface area contributed by atoms with Gasteiger partial charge in [-0.2, -0.15) is 0 Å². The molecule has 1 aromatic heterocycles. The van der Waals surface area contributed by atoms with Gasteiger partial charge in [0.1, 0.15) is 0 Å². The van der Waals surface area contributed by atoms with E-state index in [0.717, 1.165) is 22.2 Å². The molecule has 0 N–H and O–H groups in total. The van der Waals surface area contributed by atoms with Crippen LogP contribution >= 0.6 is 27.3 Å². The van der Waals surface area contributed by atoms with Gasteiger partial charge in [0.2, 0.25) is 0 Å². The Morgan fingerprint density at radius 1 is 1.71 bits per heavy atom. The molecule has 1 fully saturated rings. The minimum atomic E-state index is 0.324. The molecule has 1 aromatic rings. The van der Waals surface area contributed by atoms with E-state index in [0.29, 0.717) is 17.6 Å². The highest BCUT2D eigenvalue weighted by molar-refractivity contribution is 9.10. The highest BCUT2D eigenvalue weighted by atomic mass is 79.9. The number of halogens is 1. The number of Topliss-reactive ketones (excluding diaryl/α,β-unsaturated/α-hetero) is 1. The minimum absolute atomic E-state index is 0.324. The Labute approximate surface area is 96.6 Å². The molecule has 0 unspecified atom stereocenters. The molecule has 1 saturated carbocycles. The molecule has 0 bridgehead atoms. The summed E-state index contributed by atoms with van der Waals surface area (Å²) in [5.74, 6) is 1.34. The molecule has 14 heavy (non-hydrogen) atoms. The first-order valence-electron chi connectivity index (χ1n) is 4.93. The van der Waals surface area contributed by atoms with Crippen LogP contribution in [0.5, 0.6) is 0 Å². The normalized spacial score (nSPS) is 25.1. The van der Waals surface area contributed by atoms with E-state index in [1.165, 1.54) is 4.88 Å². The Bertz CT molecular complexity index is 350. The van der Waals surface area contributed by atoms with E-state index in [-0.39, 0.29) is 0 Å². The Morgan fingerprint density at radius 3 is 2.86 bits per heavy atom. The lowest BCUT2D eigenvalue weighted by molar-refractivity contribution is 0.0965. The van der Waals surface area contributed by atoms with Crippen molar-refractivity contribution in [3.05, 3.63) is 20.3 Å². The van der Waals surface area contributed by atoms with E-state index in [1.807, 2.05) is 13.0 Å². The van der Waals surface area contributed by atoms with Gasteiger partial charge in [0.25, 0.3) is 0 Å². The molecule has 1 nitrogen and oxygen atoms in total. The van der Waals surface area contributed by atoms with E-state index < -0.39 is 0 Å². The fourth-order valence-corrected chi connectivity index (χ4v) is 3.32. The zero-order valence-corrected chi connectivity index (χ0v) is 10.7. The molecule has 0 spiro atoms. The summed E-state index contributed by atoms with van der Waals surface area (Å²) < 4.78 is 1.07. The quantitative estimate of drug-likeness (QED) is 0.759. The van der Waals surface area contributed by atoms with Gasteiger partial charge in [-0.3, -0.25) is 4.79 Å². The fraction of sp³-hybridized carbons (Fsp3) is 0.545. The van der Waals surface area contributed by atoms with Gasteiger partial charge in [-0.1, -0.05) is 13.3 Å². The SMILES string of the molecule is CC[C@@H]1C[C@H]1C(=O)c1cc(Br)c(C)s1. The molecule has 0 saturated heterocycles. The molecular formula is C11H13BrOS. The molecule has 0 amide bonds. The van der Waals surface area contributed by atoms with Crippen LogP contribution in [0.4, 0.5) is 0 Å². The van der Waals surface area contributed by atoms with Crippen molar-refractivity contribution in [3.63, 3.8) is 0 Å². The maximum atomic E-state index is 11.9. The smallest absolute Gasteiger partial charge is 0.176 e. The standard InChI is InChI=1S/C11H13BrOS/c1-3-7-4-8(7)11(13)10-5-9(12)6(2)14-10/h5,7-8H,3-4H2,1-2H3/t7-,8-/m1/s1. The van der Waals surface area contributed by atoms with Gasteiger partial charge in [0.05, 0.1) is 4.88 Å². The molecule has 0 aromatic carbocycles. The van der Waals surface area contributed by atoms with Crippen LogP contribution in [0.15, 0.2) is 10.5 Å². The zero-order valence-electron chi connectivity index (χ0n) is 8.34. The second kappa shape index (κ2) is 3.78. The Morgan fingerprint density at radius 2 is 2.43 bits per heavy atom. The average molecular weight is 273 g/mol. The second-order valence-electron chi connectivity index (χ2n) is 3.89. The van der Waals surface area contributed by atoms with Crippen LogP contribution in [-0.2, 0) is 0 Å². The van der Waals surface area contributed by atoms with Crippen molar-refractivity contribution in [2.45, 2.75) is 26.7 Å². The summed E-state index contributed by atoms with van der Waals surface area (Å²) in [6.45, 7) is 4.20. The summed E-state index contributed by atoms with van der Waals surface area (Å²) in [6.07, 6.45) is 2.24. The number of hydrogen-bond acceptors (Lipinski definition) is 2. The highest BCUT2D eigenvalue weighted by Crippen LogP contribution is 2.44. The molecule has 1 heterocycles. The average Bonchev–Trinajstić information content (AvgIpc) is 2.87. The van der Waals surface area contributed by atoms with Gasteiger partial charge in [-0.15, -0.1) is 11.3 Å². The topological polar surface area (TPSA) is 17.1 Å². The van der Waals surface area contributed by atoms with Gasteiger partial charge in [-0.05, 0) is 41.3 Å². The molecular weight excluding hydrogens is 260 g/mol. The van der Waals surface area contributed by atoms with Crippen molar-refractivity contribution in [1.29, 1.82) is 0 Å². The Balaban J connectivity index is 2.13. The number of aryl methyl sites for hydroxylation is 1. The minimum Gasteiger partial charge on any atom is -0.293 e. The summed E-state index contributed by atoms with van der Waals surface area (Å²) >= 11 is 5.05. The summed E-state index contributed by atoms with van der Waals surface area (Å²) in [4.78, 5) is 14.1. The molecule has 0 aliphatic heterocycles. The van der Waals surface area contributed by atoms with Crippen molar-refractivity contribution in [1.82, 2.24) is 0 Å². The van der Waals surface area contributed by atoms with Crippen LogP contribution in [-0.4, -0.2) is 5.78 Å². The van der Waals surface area contributed by atoms with Crippen LogP contribution in [0.25, 0.3) is 0 Å². The van der Waals surface area contributed by atoms with E-state index >= 15 is 0 Å². The maximum Gasteiger partial charge on any atom is 0.176 e. The summed E-state index contributed by atoms with van der Waals surface area (Å²) in [5.41, 5.74) is 0. The fourth-order valence-electron chi connectivity index (χ4n) is 1.78. The molecule has 76 valence electrons. The van der Waals surface area contributed by atoms with Crippen LogP contribution in [0.1, 0.15) is 34.3 Å². The van der Waals surface area contributed by atoms with Gasteiger partial charge < -0.3 is 0 Å². The summed E-state index contributed by atoms with van der Waals surface area (Å²) in [7, 11) is 0. The van der Waals surface area contributed by atoms with E-state index in [2.05, 4.69) is 22.9 Å². The van der Waals surface area contributed by atoms with Gasteiger partial charge in [0.15, 0.2) is 5.78 Å². The third-order valence-corrected chi connectivity index (χ3v) is 5.03. The number of hydrogen-bond donors (Lipinski definition) is 0. The summed E-state index contributed by atoms with van der Waals surface area (Å²) in [6, 6.07) is 1.97. The van der Waals surface area contributed by atoms with Crippen molar-refractivity contribution in [2.24, 2.45) is 11.8 Å². The van der Waals surface area contributed by atoms with E-state index in [9.17, 15) is 4.79 Å². The number of carbonyl (C=O) groups is 1. The predicted molar refractivity (Wildman–Crippen MR) is 63.0 cm³/mol. The first-order chi connectivity index (χ1) is 6.63. The number of carbonyl (C=O) groups excluding carboxylic acids is 1. The molecule has 0 radical (unpaired) electrons. The number of rotatable bonds is 3. The lowest BCUT2D eigenvalue weighted by Crippen LogP contribution is -2.00. The third kappa shape index (κ3) is 1.80. The lowest BCUT2D eigenvalue weighted by Gasteiger charge is -1.93. The van der Waals surface area contributed by atoms with Gasteiger partial charge >= 0.3 is 0 Å². The van der Waals surface area contributed by atoms with Crippen LogP contribution < -0.4 is 0 Å². The van der Waals surface area contributed by atoms with Crippen molar-refractivity contribution < 1.29 is 4.79 Å². The number of thiophene rings is 1. The molecule has 2 rings (SSSR count). The third-order valence-electron chi connectivity index (χ3n) is 2.88. The van der Waals surface area contributed by atoms with Crippen LogP contribution in [0.3, 0.4) is 0 Å². The molecule has 3 heteroatoms. The van der Waals surface area contributed by atoms with Crippen LogP contribution in [0, 0.1) is 18.8 Å². The Hall–Kier alpha value is -0.150. The Kier molecular flexibility index (Phi) is 2.80. The highest BCUT2D eigenvalue weighted by Gasteiger charge is 2.42. The van der Waals surface area contributed by atoms with Gasteiger partial charge in [-0.25, -0.2) is 0 Å². The first-order valence-corrected chi connectivity index (χ1v) is 6.54. The van der Waals surface area contributed by atoms with E-state index in [1.54, 1.807) is 11.3 Å². The maximum absolute atomic E-state index is 11.9. The monoisotopic (exact) mass is 272 g/mol. The molecule has 2 atom stereocenters. The van der Waals surface area contributed by atoms with E-state index in [4.69, 9.17) is 0 Å². The lowest BCUT2D eigenvalue weighted by atomic mass is 10.1. The predicted octanol–water partition coefficient (Wildman–Crippen LogP) is 4.05.